The molecule has 1 unspecified atom stereocenters. The number of rotatable bonds is 5. The van der Waals surface area contributed by atoms with E-state index in [0.29, 0.717) is 13.1 Å². The van der Waals surface area contributed by atoms with E-state index in [-0.39, 0.29) is 11.4 Å². The van der Waals surface area contributed by atoms with Gasteiger partial charge in [-0.3, -0.25) is 0 Å². The van der Waals surface area contributed by atoms with Gasteiger partial charge in [0.05, 0.1) is 11.4 Å². The van der Waals surface area contributed by atoms with Crippen LogP contribution in [-0.4, -0.2) is 43.8 Å². The third-order valence-corrected chi connectivity index (χ3v) is 5.06. The first-order valence-electron chi connectivity index (χ1n) is 5.59. The van der Waals surface area contributed by atoms with Gasteiger partial charge in [-0.1, -0.05) is 6.92 Å². The van der Waals surface area contributed by atoms with Gasteiger partial charge in [0.15, 0.2) is 0 Å². The van der Waals surface area contributed by atoms with E-state index in [1.807, 2.05) is 6.92 Å². The zero-order valence-corrected chi connectivity index (χ0v) is 10.6. The Morgan fingerprint density at radius 1 is 1.47 bits per heavy atom. The molecule has 0 N–H and O–H groups in total. The van der Waals surface area contributed by atoms with Crippen molar-refractivity contribution in [2.24, 2.45) is 0 Å². The summed E-state index contributed by atoms with van der Waals surface area (Å²) in [5.74, 6) is 0. The largest absolute Gasteiger partial charge is 0.377 e. The topological polar surface area (TPSA) is 46.6 Å². The molecule has 5 heteroatoms. The first kappa shape index (κ1) is 12.9. The van der Waals surface area contributed by atoms with E-state index in [0.717, 1.165) is 19.4 Å². The molecule has 1 fully saturated rings. The van der Waals surface area contributed by atoms with Gasteiger partial charge in [0.2, 0.25) is 10.0 Å². The lowest BCUT2D eigenvalue weighted by molar-refractivity contribution is 0.0945. The van der Waals surface area contributed by atoms with Crippen molar-refractivity contribution in [1.82, 2.24) is 4.31 Å². The van der Waals surface area contributed by atoms with Crippen molar-refractivity contribution in [2.45, 2.75) is 45.0 Å². The summed E-state index contributed by atoms with van der Waals surface area (Å²) < 4.78 is 30.8. The van der Waals surface area contributed by atoms with Crippen LogP contribution in [0.25, 0.3) is 0 Å². The van der Waals surface area contributed by atoms with Crippen LogP contribution in [0.1, 0.15) is 33.6 Å². The van der Waals surface area contributed by atoms with Gasteiger partial charge in [0.1, 0.15) is 0 Å². The minimum absolute atomic E-state index is 0.0958. The van der Waals surface area contributed by atoms with Crippen LogP contribution >= 0.6 is 0 Å². The fourth-order valence-electron chi connectivity index (χ4n) is 1.73. The molecule has 1 saturated heterocycles. The fraction of sp³-hybridized carbons (Fsp3) is 1.00. The summed E-state index contributed by atoms with van der Waals surface area (Å²) in [5.41, 5.74) is 0. The average molecular weight is 235 g/mol. The predicted octanol–water partition coefficient (Wildman–Crippen LogP) is 1.23. The molecule has 1 aliphatic rings. The van der Waals surface area contributed by atoms with E-state index < -0.39 is 10.0 Å². The highest BCUT2D eigenvalue weighted by Gasteiger charge is 2.28. The molecule has 4 nitrogen and oxygen atoms in total. The first-order chi connectivity index (χ1) is 6.98. The molecule has 0 aromatic heterocycles. The molecule has 1 heterocycles. The van der Waals surface area contributed by atoms with Gasteiger partial charge in [-0.15, -0.1) is 0 Å². The van der Waals surface area contributed by atoms with Gasteiger partial charge in [-0.05, 0) is 26.7 Å². The Hall–Kier alpha value is -0.130. The van der Waals surface area contributed by atoms with Crippen molar-refractivity contribution in [1.29, 1.82) is 0 Å². The second-order valence-corrected chi connectivity index (χ2v) is 6.67. The summed E-state index contributed by atoms with van der Waals surface area (Å²) >= 11 is 0. The summed E-state index contributed by atoms with van der Waals surface area (Å²) in [6, 6.07) is 0. The second kappa shape index (κ2) is 5.27. The van der Waals surface area contributed by atoms with Crippen molar-refractivity contribution in [2.75, 3.05) is 19.7 Å². The van der Waals surface area contributed by atoms with Crippen LogP contribution in [0.3, 0.4) is 0 Å². The lowest BCUT2D eigenvalue weighted by atomic mass is 10.2. The number of ether oxygens (including phenoxy) is 1. The summed E-state index contributed by atoms with van der Waals surface area (Å²) in [6.07, 6.45) is 2.12. The number of nitrogens with zero attached hydrogens (tertiary/aromatic N) is 1. The molecule has 1 rings (SSSR count). The highest BCUT2D eigenvalue weighted by atomic mass is 32.2. The van der Waals surface area contributed by atoms with Crippen LogP contribution in [-0.2, 0) is 14.8 Å². The van der Waals surface area contributed by atoms with Crippen LogP contribution < -0.4 is 0 Å². The highest BCUT2D eigenvalue weighted by Crippen LogP contribution is 2.16. The normalized spacial score (nSPS) is 22.9. The third kappa shape index (κ3) is 3.16. The molecule has 1 aliphatic heterocycles. The molecular formula is C10H21NO3S. The zero-order valence-electron chi connectivity index (χ0n) is 9.77. The van der Waals surface area contributed by atoms with E-state index in [9.17, 15) is 8.42 Å². The standard InChI is InChI=1S/C10H21NO3S/c1-4-11(15(12,13)9(2)3)8-10-6-5-7-14-10/h9-10H,4-8H2,1-3H3. The van der Waals surface area contributed by atoms with Crippen molar-refractivity contribution >= 4 is 10.0 Å². The van der Waals surface area contributed by atoms with E-state index in [1.54, 1.807) is 13.8 Å². The van der Waals surface area contributed by atoms with Crippen molar-refractivity contribution < 1.29 is 13.2 Å². The van der Waals surface area contributed by atoms with Gasteiger partial charge in [-0.2, -0.15) is 4.31 Å². The molecule has 0 amide bonds. The Bertz CT molecular complexity index is 281. The van der Waals surface area contributed by atoms with Crippen molar-refractivity contribution in [3.05, 3.63) is 0 Å². The Balaban J connectivity index is 2.62. The highest BCUT2D eigenvalue weighted by molar-refractivity contribution is 7.89. The first-order valence-corrected chi connectivity index (χ1v) is 7.09. The number of sulfonamides is 1. The van der Waals surface area contributed by atoms with E-state index in [1.165, 1.54) is 4.31 Å². The van der Waals surface area contributed by atoms with Gasteiger partial charge >= 0.3 is 0 Å². The summed E-state index contributed by atoms with van der Waals surface area (Å²) in [4.78, 5) is 0. The average Bonchev–Trinajstić information content (AvgIpc) is 2.65. The van der Waals surface area contributed by atoms with E-state index in [2.05, 4.69) is 0 Å². The SMILES string of the molecule is CCN(CC1CCCO1)S(=O)(=O)C(C)C. The molecular weight excluding hydrogens is 214 g/mol. The summed E-state index contributed by atoms with van der Waals surface area (Å²) in [7, 11) is -3.12. The number of hydrogen-bond acceptors (Lipinski definition) is 3. The van der Waals surface area contributed by atoms with Crippen molar-refractivity contribution in [3.8, 4) is 0 Å². The van der Waals surface area contributed by atoms with Crippen LogP contribution in [0.15, 0.2) is 0 Å². The van der Waals surface area contributed by atoms with Crippen LogP contribution in [0, 0.1) is 0 Å². The fourth-order valence-corrected chi connectivity index (χ4v) is 3.06. The quantitative estimate of drug-likeness (QED) is 0.720. The molecule has 0 saturated carbocycles. The lowest BCUT2D eigenvalue weighted by Crippen LogP contribution is -2.40. The summed E-state index contributed by atoms with van der Waals surface area (Å²) in [6.45, 7) is 7.11. The monoisotopic (exact) mass is 235 g/mol. The van der Waals surface area contributed by atoms with Gasteiger partial charge in [-0.25, -0.2) is 8.42 Å². The number of hydrogen-bond donors (Lipinski definition) is 0. The molecule has 0 radical (unpaired) electrons. The third-order valence-electron chi connectivity index (χ3n) is 2.74. The minimum atomic E-state index is -3.12. The minimum Gasteiger partial charge on any atom is -0.377 e. The molecule has 0 bridgehead atoms. The molecule has 0 aliphatic carbocycles. The van der Waals surface area contributed by atoms with E-state index in [4.69, 9.17) is 4.74 Å². The maximum absolute atomic E-state index is 11.9. The Kier molecular flexibility index (Phi) is 4.55. The molecule has 0 aromatic carbocycles. The van der Waals surface area contributed by atoms with Crippen molar-refractivity contribution in [3.63, 3.8) is 0 Å². The van der Waals surface area contributed by atoms with E-state index >= 15 is 0 Å². The Labute approximate surface area is 92.7 Å². The van der Waals surface area contributed by atoms with Crippen LogP contribution in [0.2, 0.25) is 0 Å². The Morgan fingerprint density at radius 3 is 2.53 bits per heavy atom. The smallest absolute Gasteiger partial charge is 0.216 e. The summed E-state index contributed by atoms with van der Waals surface area (Å²) in [5, 5.41) is -0.348. The second-order valence-electron chi connectivity index (χ2n) is 4.18. The molecule has 1 atom stereocenters. The van der Waals surface area contributed by atoms with Gasteiger partial charge < -0.3 is 4.74 Å². The molecule has 90 valence electrons. The zero-order chi connectivity index (χ0) is 11.5. The van der Waals surface area contributed by atoms with Crippen LogP contribution in [0.5, 0.6) is 0 Å². The maximum Gasteiger partial charge on any atom is 0.216 e. The molecule has 0 spiro atoms. The molecule has 0 aromatic rings. The Morgan fingerprint density at radius 2 is 2.13 bits per heavy atom. The lowest BCUT2D eigenvalue weighted by Gasteiger charge is -2.25. The maximum atomic E-state index is 11.9. The van der Waals surface area contributed by atoms with Crippen LogP contribution in [0.4, 0.5) is 0 Å². The number of likely N-dealkylation sites (N-methyl/N-ethyl adjacent to an activating group) is 1. The molecule has 15 heavy (non-hydrogen) atoms. The van der Waals surface area contributed by atoms with Gasteiger partial charge in [0.25, 0.3) is 0 Å². The predicted molar refractivity (Wildman–Crippen MR) is 60.3 cm³/mol. The van der Waals surface area contributed by atoms with Gasteiger partial charge in [0, 0.05) is 19.7 Å².